The van der Waals surface area contributed by atoms with E-state index in [-0.39, 0.29) is 5.91 Å². The fourth-order valence-corrected chi connectivity index (χ4v) is 1.36. The van der Waals surface area contributed by atoms with Gasteiger partial charge in [-0.3, -0.25) is 4.79 Å². The van der Waals surface area contributed by atoms with Crippen molar-refractivity contribution in [2.75, 3.05) is 6.54 Å². The SMILES string of the molecule is Cc1ccc(C(=O)NCC(C)(C)C#N)cc1Cl. The van der Waals surface area contributed by atoms with Crippen LogP contribution in [0.15, 0.2) is 18.2 Å². The molecule has 90 valence electrons. The summed E-state index contributed by atoms with van der Waals surface area (Å²) < 4.78 is 0. The van der Waals surface area contributed by atoms with Crippen LogP contribution in [0.5, 0.6) is 0 Å². The summed E-state index contributed by atoms with van der Waals surface area (Å²) >= 11 is 5.94. The van der Waals surface area contributed by atoms with Gasteiger partial charge in [-0.2, -0.15) is 5.26 Å². The maximum absolute atomic E-state index is 11.8. The zero-order valence-corrected chi connectivity index (χ0v) is 10.9. The van der Waals surface area contributed by atoms with Crippen molar-refractivity contribution in [1.82, 2.24) is 5.32 Å². The summed E-state index contributed by atoms with van der Waals surface area (Å²) in [6.45, 7) is 5.74. The van der Waals surface area contributed by atoms with E-state index in [4.69, 9.17) is 16.9 Å². The summed E-state index contributed by atoms with van der Waals surface area (Å²) in [6, 6.07) is 7.27. The zero-order chi connectivity index (χ0) is 13.1. The van der Waals surface area contributed by atoms with Gasteiger partial charge in [-0.05, 0) is 38.5 Å². The predicted octanol–water partition coefficient (Wildman–Crippen LogP) is 2.93. The van der Waals surface area contributed by atoms with Crippen LogP contribution in [0.2, 0.25) is 5.02 Å². The molecule has 1 rings (SSSR count). The lowest BCUT2D eigenvalue weighted by molar-refractivity contribution is 0.0943. The Morgan fingerprint density at radius 2 is 2.18 bits per heavy atom. The van der Waals surface area contributed by atoms with E-state index in [1.54, 1.807) is 32.0 Å². The van der Waals surface area contributed by atoms with Gasteiger partial charge >= 0.3 is 0 Å². The number of nitrogens with one attached hydrogen (secondary N) is 1. The fraction of sp³-hybridized carbons (Fsp3) is 0.385. The van der Waals surface area contributed by atoms with Gasteiger partial charge in [-0.25, -0.2) is 0 Å². The lowest BCUT2D eigenvalue weighted by Crippen LogP contribution is -2.33. The molecule has 0 saturated heterocycles. The molecule has 1 aromatic carbocycles. The summed E-state index contributed by atoms with van der Waals surface area (Å²) in [6.07, 6.45) is 0. The molecule has 0 aliphatic carbocycles. The number of hydrogen-bond acceptors (Lipinski definition) is 2. The number of amides is 1. The maximum Gasteiger partial charge on any atom is 0.251 e. The van der Waals surface area contributed by atoms with Gasteiger partial charge in [0.15, 0.2) is 0 Å². The van der Waals surface area contributed by atoms with Gasteiger partial charge in [0, 0.05) is 17.1 Å². The van der Waals surface area contributed by atoms with Crippen molar-refractivity contribution in [3.8, 4) is 6.07 Å². The van der Waals surface area contributed by atoms with Crippen molar-refractivity contribution in [2.24, 2.45) is 5.41 Å². The largest absolute Gasteiger partial charge is 0.350 e. The van der Waals surface area contributed by atoms with Crippen LogP contribution in [0.1, 0.15) is 29.8 Å². The number of nitriles is 1. The Kier molecular flexibility index (Phi) is 4.14. The molecular weight excluding hydrogens is 236 g/mol. The minimum absolute atomic E-state index is 0.213. The Hall–Kier alpha value is -1.53. The molecule has 0 saturated carbocycles. The number of halogens is 1. The average Bonchev–Trinajstić information content (AvgIpc) is 2.30. The minimum Gasteiger partial charge on any atom is -0.350 e. The number of nitrogens with zero attached hydrogens (tertiary/aromatic N) is 1. The molecule has 0 heterocycles. The third kappa shape index (κ3) is 3.76. The van der Waals surface area contributed by atoms with E-state index in [9.17, 15) is 4.79 Å². The molecule has 0 aromatic heterocycles. The van der Waals surface area contributed by atoms with Gasteiger partial charge in [0.25, 0.3) is 5.91 Å². The van der Waals surface area contributed by atoms with Gasteiger partial charge in [-0.1, -0.05) is 17.7 Å². The van der Waals surface area contributed by atoms with Crippen molar-refractivity contribution in [1.29, 1.82) is 5.26 Å². The Labute approximate surface area is 106 Å². The first-order valence-corrected chi connectivity index (χ1v) is 5.69. The predicted molar refractivity (Wildman–Crippen MR) is 67.9 cm³/mol. The minimum atomic E-state index is -0.565. The highest BCUT2D eigenvalue weighted by Gasteiger charge is 2.18. The fourth-order valence-electron chi connectivity index (χ4n) is 1.18. The van der Waals surface area contributed by atoms with Crippen LogP contribution < -0.4 is 5.32 Å². The molecule has 0 radical (unpaired) electrons. The molecule has 0 aliphatic rings. The molecule has 1 amide bonds. The molecule has 0 bridgehead atoms. The van der Waals surface area contributed by atoms with E-state index >= 15 is 0 Å². The van der Waals surface area contributed by atoms with Crippen LogP contribution >= 0.6 is 11.6 Å². The van der Waals surface area contributed by atoms with Crippen molar-refractivity contribution >= 4 is 17.5 Å². The Balaban J connectivity index is 2.72. The van der Waals surface area contributed by atoms with Crippen molar-refractivity contribution < 1.29 is 4.79 Å². The summed E-state index contributed by atoms with van der Waals surface area (Å²) in [4.78, 5) is 11.8. The van der Waals surface area contributed by atoms with Crippen LogP contribution in [-0.4, -0.2) is 12.5 Å². The monoisotopic (exact) mass is 250 g/mol. The number of carbonyl (C=O) groups is 1. The molecule has 3 nitrogen and oxygen atoms in total. The third-order valence-electron chi connectivity index (χ3n) is 2.43. The molecule has 0 fully saturated rings. The number of carbonyl (C=O) groups excluding carboxylic acids is 1. The normalized spacial score (nSPS) is 10.8. The molecule has 17 heavy (non-hydrogen) atoms. The standard InChI is InChI=1S/C13H15ClN2O/c1-9-4-5-10(6-11(9)14)12(17)16-8-13(2,3)7-15/h4-6H,8H2,1-3H3,(H,16,17). The van der Waals surface area contributed by atoms with Crippen LogP contribution in [0.25, 0.3) is 0 Å². The zero-order valence-electron chi connectivity index (χ0n) is 10.2. The third-order valence-corrected chi connectivity index (χ3v) is 2.83. The van der Waals surface area contributed by atoms with E-state index in [0.29, 0.717) is 17.1 Å². The second-order valence-corrected chi connectivity index (χ2v) is 5.05. The lowest BCUT2D eigenvalue weighted by Gasteiger charge is -2.15. The number of aryl methyl sites for hydroxylation is 1. The first-order valence-electron chi connectivity index (χ1n) is 5.31. The van der Waals surface area contributed by atoms with E-state index in [0.717, 1.165) is 5.56 Å². The summed E-state index contributed by atoms with van der Waals surface area (Å²) in [5, 5.41) is 12.1. The summed E-state index contributed by atoms with van der Waals surface area (Å²) in [7, 11) is 0. The van der Waals surface area contributed by atoms with Gasteiger partial charge < -0.3 is 5.32 Å². The van der Waals surface area contributed by atoms with Gasteiger partial charge in [-0.15, -0.1) is 0 Å². The van der Waals surface area contributed by atoms with E-state index in [1.807, 2.05) is 6.92 Å². The highest BCUT2D eigenvalue weighted by Crippen LogP contribution is 2.17. The lowest BCUT2D eigenvalue weighted by atomic mass is 9.96. The quantitative estimate of drug-likeness (QED) is 0.897. The van der Waals surface area contributed by atoms with Crippen molar-refractivity contribution in [3.63, 3.8) is 0 Å². The second kappa shape index (κ2) is 5.20. The molecule has 0 aliphatic heterocycles. The van der Waals surface area contributed by atoms with Gasteiger partial charge in [0.1, 0.15) is 0 Å². The summed E-state index contributed by atoms with van der Waals surface area (Å²) in [5.74, 6) is -0.213. The van der Waals surface area contributed by atoms with Crippen LogP contribution in [0, 0.1) is 23.7 Å². The molecular formula is C13H15ClN2O. The van der Waals surface area contributed by atoms with E-state index in [1.165, 1.54) is 0 Å². The smallest absolute Gasteiger partial charge is 0.251 e. The first kappa shape index (κ1) is 13.5. The van der Waals surface area contributed by atoms with E-state index < -0.39 is 5.41 Å². The summed E-state index contributed by atoms with van der Waals surface area (Å²) in [5.41, 5.74) is 0.874. The van der Waals surface area contributed by atoms with Gasteiger partial charge in [0.05, 0.1) is 11.5 Å². The molecule has 4 heteroatoms. The number of hydrogen-bond donors (Lipinski definition) is 1. The Bertz CT molecular complexity index is 475. The highest BCUT2D eigenvalue weighted by atomic mass is 35.5. The number of benzene rings is 1. The van der Waals surface area contributed by atoms with Crippen molar-refractivity contribution in [3.05, 3.63) is 34.3 Å². The van der Waals surface area contributed by atoms with Crippen LogP contribution in [0.4, 0.5) is 0 Å². The molecule has 0 spiro atoms. The Morgan fingerprint density at radius 1 is 1.53 bits per heavy atom. The molecule has 1 aromatic rings. The molecule has 0 atom stereocenters. The molecule has 0 unspecified atom stereocenters. The van der Waals surface area contributed by atoms with Crippen LogP contribution in [-0.2, 0) is 0 Å². The van der Waals surface area contributed by atoms with Crippen molar-refractivity contribution in [2.45, 2.75) is 20.8 Å². The van der Waals surface area contributed by atoms with Gasteiger partial charge in [0.2, 0.25) is 0 Å². The van der Waals surface area contributed by atoms with E-state index in [2.05, 4.69) is 11.4 Å². The van der Waals surface area contributed by atoms with Crippen LogP contribution in [0.3, 0.4) is 0 Å². The number of rotatable bonds is 3. The first-order chi connectivity index (χ1) is 7.85. The highest BCUT2D eigenvalue weighted by molar-refractivity contribution is 6.31. The maximum atomic E-state index is 11.8. The Morgan fingerprint density at radius 3 is 2.71 bits per heavy atom. The topological polar surface area (TPSA) is 52.9 Å². The second-order valence-electron chi connectivity index (χ2n) is 4.64. The average molecular weight is 251 g/mol. The molecule has 1 N–H and O–H groups in total.